The SMILES string of the molecule is COC(=O)c1cc(OC)ccc1NC(=O)C(C)CN.Cl. The number of ether oxygens (including phenoxy) is 2. The van der Waals surface area contributed by atoms with Gasteiger partial charge in [-0.1, -0.05) is 6.92 Å². The number of methoxy groups -OCH3 is 2. The second-order valence-corrected chi connectivity index (χ2v) is 4.03. The predicted octanol–water partition coefficient (Wildman–Crippen LogP) is 1.44. The van der Waals surface area contributed by atoms with E-state index in [0.29, 0.717) is 11.4 Å². The standard InChI is InChI=1S/C13H18N2O4.ClH/c1-8(7-14)12(16)15-11-5-4-9(18-2)6-10(11)13(17)19-3;/h4-6,8H,7,14H2,1-3H3,(H,15,16);1H. The number of benzene rings is 1. The molecule has 0 aliphatic heterocycles. The Morgan fingerprint density at radius 3 is 2.50 bits per heavy atom. The van der Waals surface area contributed by atoms with Crippen LogP contribution in [0.15, 0.2) is 18.2 Å². The topological polar surface area (TPSA) is 90.6 Å². The number of carbonyl (C=O) groups excluding carboxylic acids is 2. The molecule has 0 radical (unpaired) electrons. The minimum absolute atomic E-state index is 0. The van der Waals surface area contributed by atoms with Gasteiger partial charge >= 0.3 is 5.97 Å². The molecule has 0 heterocycles. The van der Waals surface area contributed by atoms with Crippen molar-refractivity contribution >= 4 is 30.0 Å². The molecular weight excluding hydrogens is 284 g/mol. The molecule has 0 spiro atoms. The molecule has 0 bridgehead atoms. The molecular formula is C13H19ClN2O4. The van der Waals surface area contributed by atoms with Crippen molar-refractivity contribution in [2.45, 2.75) is 6.92 Å². The van der Waals surface area contributed by atoms with Crippen molar-refractivity contribution < 1.29 is 19.1 Å². The van der Waals surface area contributed by atoms with E-state index in [1.165, 1.54) is 20.3 Å². The van der Waals surface area contributed by atoms with E-state index in [0.717, 1.165) is 0 Å². The molecule has 0 saturated carbocycles. The zero-order valence-corrected chi connectivity index (χ0v) is 12.5. The van der Waals surface area contributed by atoms with Gasteiger partial charge in [-0.15, -0.1) is 12.4 Å². The maximum absolute atomic E-state index is 11.8. The van der Waals surface area contributed by atoms with Crippen molar-refractivity contribution in [2.75, 3.05) is 26.1 Å². The average molecular weight is 303 g/mol. The fraction of sp³-hybridized carbons (Fsp3) is 0.385. The number of esters is 1. The number of hydrogen-bond acceptors (Lipinski definition) is 5. The van der Waals surface area contributed by atoms with Gasteiger partial charge in [-0.25, -0.2) is 4.79 Å². The summed E-state index contributed by atoms with van der Waals surface area (Å²) in [6, 6.07) is 4.75. The van der Waals surface area contributed by atoms with Crippen LogP contribution in [0.2, 0.25) is 0 Å². The summed E-state index contributed by atoms with van der Waals surface area (Å²) in [5.41, 5.74) is 6.03. The van der Waals surface area contributed by atoms with Crippen LogP contribution in [0.25, 0.3) is 0 Å². The number of carbonyl (C=O) groups is 2. The van der Waals surface area contributed by atoms with Crippen molar-refractivity contribution in [3.8, 4) is 5.75 Å². The Bertz CT molecular complexity index is 479. The van der Waals surface area contributed by atoms with Crippen LogP contribution in [-0.2, 0) is 9.53 Å². The molecule has 0 aliphatic carbocycles. The lowest BCUT2D eigenvalue weighted by Gasteiger charge is -2.13. The molecule has 112 valence electrons. The maximum Gasteiger partial charge on any atom is 0.340 e. The summed E-state index contributed by atoms with van der Waals surface area (Å²) >= 11 is 0. The monoisotopic (exact) mass is 302 g/mol. The van der Waals surface area contributed by atoms with E-state index in [1.54, 1.807) is 19.1 Å². The third-order valence-corrected chi connectivity index (χ3v) is 2.69. The van der Waals surface area contributed by atoms with Crippen LogP contribution in [0.4, 0.5) is 5.69 Å². The highest BCUT2D eigenvalue weighted by Gasteiger charge is 2.17. The van der Waals surface area contributed by atoms with Gasteiger partial charge in [0.15, 0.2) is 0 Å². The Balaban J connectivity index is 0.00000361. The summed E-state index contributed by atoms with van der Waals surface area (Å²) in [5.74, 6) is -0.634. The minimum atomic E-state index is -0.547. The van der Waals surface area contributed by atoms with Crippen LogP contribution in [0.5, 0.6) is 5.75 Å². The first-order chi connectivity index (χ1) is 9.03. The molecule has 0 saturated heterocycles. The normalized spacial score (nSPS) is 11.0. The average Bonchev–Trinajstić information content (AvgIpc) is 2.45. The lowest BCUT2D eigenvalue weighted by molar-refractivity contribution is -0.119. The van der Waals surface area contributed by atoms with Crippen LogP contribution >= 0.6 is 12.4 Å². The van der Waals surface area contributed by atoms with Gasteiger partial charge < -0.3 is 20.5 Å². The van der Waals surface area contributed by atoms with E-state index in [1.807, 2.05) is 0 Å². The molecule has 20 heavy (non-hydrogen) atoms. The number of nitrogens with one attached hydrogen (secondary N) is 1. The zero-order valence-electron chi connectivity index (χ0n) is 11.6. The quantitative estimate of drug-likeness (QED) is 0.803. The van der Waals surface area contributed by atoms with Gasteiger partial charge in [0.25, 0.3) is 0 Å². The van der Waals surface area contributed by atoms with Crippen molar-refractivity contribution in [1.82, 2.24) is 0 Å². The van der Waals surface area contributed by atoms with E-state index in [2.05, 4.69) is 10.1 Å². The maximum atomic E-state index is 11.8. The minimum Gasteiger partial charge on any atom is -0.497 e. The summed E-state index contributed by atoms with van der Waals surface area (Å²) in [6.45, 7) is 1.94. The lowest BCUT2D eigenvalue weighted by Crippen LogP contribution is -2.27. The van der Waals surface area contributed by atoms with E-state index in [9.17, 15) is 9.59 Å². The molecule has 1 atom stereocenters. The fourth-order valence-corrected chi connectivity index (χ4v) is 1.40. The van der Waals surface area contributed by atoms with Crippen molar-refractivity contribution in [3.63, 3.8) is 0 Å². The van der Waals surface area contributed by atoms with Gasteiger partial charge in [-0.05, 0) is 18.2 Å². The van der Waals surface area contributed by atoms with Gasteiger partial charge in [0.1, 0.15) is 5.75 Å². The van der Waals surface area contributed by atoms with Crippen LogP contribution in [0.1, 0.15) is 17.3 Å². The van der Waals surface area contributed by atoms with Crippen molar-refractivity contribution in [3.05, 3.63) is 23.8 Å². The molecule has 1 unspecified atom stereocenters. The fourth-order valence-electron chi connectivity index (χ4n) is 1.40. The first-order valence-corrected chi connectivity index (χ1v) is 5.80. The van der Waals surface area contributed by atoms with Crippen molar-refractivity contribution in [2.24, 2.45) is 11.7 Å². The summed E-state index contributed by atoms with van der Waals surface area (Å²) in [4.78, 5) is 23.5. The third-order valence-electron chi connectivity index (χ3n) is 2.69. The summed E-state index contributed by atoms with van der Waals surface area (Å²) < 4.78 is 9.71. The number of rotatable bonds is 5. The highest BCUT2D eigenvalue weighted by Crippen LogP contribution is 2.23. The van der Waals surface area contributed by atoms with Gasteiger partial charge in [-0.3, -0.25) is 4.79 Å². The first kappa shape index (κ1) is 18.2. The van der Waals surface area contributed by atoms with Crippen LogP contribution in [0.3, 0.4) is 0 Å². The van der Waals surface area contributed by atoms with Crippen molar-refractivity contribution in [1.29, 1.82) is 0 Å². The lowest BCUT2D eigenvalue weighted by atomic mass is 10.1. The largest absolute Gasteiger partial charge is 0.497 e. The number of amides is 1. The highest BCUT2D eigenvalue weighted by molar-refractivity contribution is 6.02. The summed E-state index contributed by atoms with van der Waals surface area (Å²) in [7, 11) is 2.76. The van der Waals surface area contributed by atoms with Gasteiger partial charge in [0, 0.05) is 12.5 Å². The van der Waals surface area contributed by atoms with E-state index < -0.39 is 5.97 Å². The Labute approximate surface area is 124 Å². The molecule has 1 amide bonds. The van der Waals surface area contributed by atoms with Gasteiger partial charge in [0.05, 0.1) is 25.5 Å². The van der Waals surface area contributed by atoms with Crippen LogP contribution in [-0.4, -0.2) is 32.6 Å². The molecule has 1 aromatic carbocycles. The second kappa shape index (κ2) is 8.39. The van der Waals surface area contributed by atoms with E-state index >= 15 is 0 Å². The molecule has 1 aromatic rings. The summed E-state index contributed by atoms with van der Waals surface area (Å²) in [5, 5.41) is 2.65. The highest BCUT2D eigenvalue weighted by atomic mass is 35.5. The predicted molar refractivity (Wildman–Crippen MR) is 78.4 cm³/mol. The summed E-state index contributed by atoms with van der Waals surface area (Å²) in [6.07, 6.45) is 0. The van der Waals surface area contributed by atoms with Gasteiger partial charge in [0.2, 0.25) is 5.91 Å². The van der Waals surface area contributed by atoms with Crippen LogP contribution < -0.4 is 15.8 Å². The third kappa shape index (κ3) is 4.40. The Morgan fingerprint density at radius 2 is 2.00 bits per heavy atom. The Hall–Kier alpha value is -1.79. The molecule has 3 N–H and O–H groups in total. The van der Waals surface area contributed by atoms with E-state index in [-0.39, 0.29) is 36.3 Å². The van der Waals surface area contributed by atoms with E-state index in [4.69, 9.17) is 10.5 Å². The van der Waals surface area contributed by atoms with Gasteiger partial charge in [-0.2, -0.15) is 0 Å². The number of halogens is 1. The zero-order chi connectivity index (χ0) is 14.4. The van der Waals surface area contributed by atoms with Crippen LogP contribution in [0, 0.1) is 5.92 Å². The first-order valence-electron chi connectivity index (χ1n) is 5.80. The molecule has 0 aliphatic rings. The Morgan fingerprint density at radius 1 is 1.35 bits per heavy atom. The molecule has 0 fully saturated rings. The smallest absolute Gasteiger partial charge is 0.340 e. The molecule has 1 rings (SSSR count). The molecule has 7 heteroatoms. The second-order valence-electron chi connectivity index (χ2n) is 4.03. The number of hydrogen-bond donors (Lipinski definition) is 2. The number of nitrogens with two attached hydrogens (primary N) is 1. The molecule has 0 aromatic heterocycles. The molecule has 6 nitrogen and oxygen atoms in total. The number of anilines is 1. The Kier molecular flexibility index (Phi) is 7.64.